The van der Waals surface area contributed by atoms with Crippen LogP contribution >= 0.6 is 0 Å². The van der Waals surface area contributed by atoms with Crippen LogP contribution in [0.3, 0.4) is 0 Å². The highest BCUT2D eigenvalue weighted by atomic mass is 16.5. The van der Waals surface area contributed by atoms with Crippen LogP contribution < -0.4 is 5.32 Å². The van der Waals surface area contributed by atoms with Crippen molar-refractivity contribution in [3.63, 3.8) is 0 Å². The van der Waals surface area contributed by atoms with Crippen molar-refractivity contribution >= 4 is 0 Å². The van der Waals surface area contributed by atoms with Gasteiger partial charge >= 0.3 is 0 Å². The Morgan fingerprint density at radius 2 is 2.16 bits per heavy atom. The molecular weight excluding hydrogens is 242 g/mol. The van der Waals surface area contributed by atoms with Crippen LogP contribution in [0, 0.1) is 6.92 Å². The molecule has 1 atom stereocenters. The van der Waals surface area contributed by atoms with E-state index in [-0.39, 0.29) is 6.10 Å². The predicted octanol–water partition coefficient (Wildman–Crippen LogP) is 3.03. The molecule has 110 valence electrons. The second-order valence-electron chi connectivity index (χ2n) is 4.78. The Bertz CT molecular complexity index is 349. The van der Waals surface area contributed by atoms with Gasteiger partial charge in [0.05, 0.1) is 19.3 Å². The summed E-state index contributed by atoms with van der Waals surface area (Å²) in [6, 6.07) is 2.05. The van der Waals surface area contributed by atoms with Crippen LogP contribution in [0.4, 0.5) is 0 Å². The topological polar surface area (TPSA) is 43.6 Å². The maximum absolute atomic E-state index is 5.79. The summed E-state index contributed by atoms with van der Waals surface area (Å²) in [6.07, 6.45) is 1.22. The van der Waals surface area contributed by atoms with Crippen molar-refractivity contribution in [1.29, 1.82) is 0 Å². The van der Waals surface area contributed by atoms with Gasteiger partial charge in [-0.05, 0) is 45.4 Å². The molecular formula is C15H27NO3. The van der Waals surface area contributed by atoms with Gasteiger partial charge in [0.1, 0.15) is 18.1 Å². The van der Waals surface area contributed by atoms with E-state index in [1.54, 1.807) is 0 Å². The Labute approximate surface area is 116 Å². The average molecular weight is 269 g/mol. The van der Waals surface area contributed by atoms with Crippen LogP contribution in [0.5, 0.6) is 0 Å². The average Bonchev–Trinajstić information content (AvgIpc) is 2.75. The molecule has 0 saturated carbocycles. The van der Waals surface area contributed by atoms with Crippen LogP contribution in [0.25, 0.3) is 0 Å². The van der Waals surface area contributed by atoms with E-state index in [2.05, 4.69) is 25.2 Å². The minimum atomic E-state index is 0.0898. The van der Waals surface area contributed by atoms with Crippen molar-refractivity contribution in [2.45, 2.75) is 53.4 Å². The first kappa shape index (κ1) is 16.2. The van der Waals surface area contributed by atoms with Crippen LogP contribution in [0.1, 0.15) is 44.3 Å². The molecule has 1 aromatic heterocycles. The lowest BCUT2D eigenvalue weighted by atomic mass is 10.2. The Morgan fingerprint density at radius 1 is 1.37 bits per heavy atom. The van der Waals surface area contributed by atoms with E-state index >= 15 is 0 Å². The van der Waals surface area contributed by atoms with E-state index in [0.29, 0.717) is 13.2 Å². The summed E-state index contributed by atoms with van der Waals surface area (Å²) < 4.78 is 16.8. The molecule has 4 heteroatoms. The zero-order valence-electron chi connectivity index (χ0n) is 12.6. The van der Waals surface area contributed by atoms with E-state index in [0.717, 1.165) is 37.6 Å². The first-order chi connectivity index (χ1) is 9.17. The second-order valence-corrected chi connectivity index (χ2v) is 4.78. The number of hydrogen-bond acceptors (Lipinski definition) is 4. The molecule has 0 amide bonds. The first-order valence-corrected chi connectivity index (χ1v) is 7.15. The highest BCUT2D eigenvalue weighted by Crippen LogP contribution is 2.16. The predicted molar refractivity (Wildman–Crippen MR) is 76.2 cm³/mol. The SMILES string of the molecule is CCCNCc1oc(COC(C)COCC)cc1C. The third-order valence-electron chi connectivity index (χ3n) is 2.85. The van der Waals surface area contributed by atoms with E-state index in [9.17, 15) is 0 Å². The van der Waals surface area contributed by atoms with Crippen molar-refractivity contribution in [3.8, 4) is 0 Å². The van der Waals surface area contributed by atoms with E-state index in [1.165, 1.54) is 5.56 Å². The van der Waals surface area contributed by atoms with Crippen molar-refractivity contribution < 1.29 is 13.9 Å². The lowest BCUT2D eigenvalue weighted by Gasteiger charge is -2.11. The summed E-state index contributed by atoms with van der Waals surface area (Å²) >= 11 is 0. The van der Waals surface area contributed by atoms with Gasteiger partial charge in [-0.15, -0.1) is 0 Å². The van der Waals surface area contributed by atoms with Gasteiger partial charge in [0.15, 0.2) is 0 Å². The summed E-state index contributed by atoms with van der Waals surface area (Å²) in [4.78, 5) is 0. The minimum Gasteiger partial charge on any atom is -0.462 e. The smallest absolute Gasteiger partial charge is 0.130 e. The lowest BCUT2D eigenvalue weighted by molar-refractivity contribution is -0.0173. The molecule has 1 heterocycles. The zero-order valence-corrected chi connectivity index (χ0v) is 12.6. The molecule has 0 aliphatic carbocycles. The normalized spacial score (nSPS) is 12.8. The number of ether oxygens (including phenoxy) is 2. The van der Waals surface area contributed by atoms with E-state index in [4.69, 9.17) is 13.9 Å². The van der Waals surface area contributed by atoms with Crippen molar-refractivity contribution in [1.82, 2.24) is 5.32 Å². The van der Waals surface area contributed by atoms with Gasteiger partial charge in [-0.25, -0.2) is 0 Å². The molecule has 0 spiro atoms. The molecule has 19 heavy (non-hydrogen) atoms. The fraction of sp³-hybridized carbons (Fsp3) is 0.733. The minimum absolute atomic E-state index is 0.0898. The number of nitrogens with one attached hydrogen (secondary N) is 1. The Balaban J connectivity index is 2.36. The highest BCUT2D eigenvalue weighted by molar-refractivity contribution is 5.19. The zero-order chi connectivity index (χ0) is 14.1. The maximum atomic E-state index is 5.79. The number of furan rings is 1. The molecule has 1 rings (SSSR count). The summed E-state index contributed by atoms with van der Waals surface area (Å²) in [5.41, 5.74) is 1.18. The molecule has 0 aliphatic heterocycles. The summed E-state index contributed by atoms with van der Waals surface area (Å²) in [6.45, 7) is 11.9. The second kappa shape index (κ2) is 9.13. The van der Waals surface area contributed by atoms with Gasteiger partial charge in [0.25, 0.3) is 0 Å². The number of aryl methyl sites for hydroxylation is 1. The van der Waals surface area contributed by atoms with Gasteiger partial charge in [-0.2, -0.15) is 0 Å². The van der Waals surface area contributed by atoms with E-state index < -0.39 is 0 Å². The summed E-state index contributed by atoms with van der Waals surface area (Å²) in [5.74, 6) is 1.89. The van der Waals surface area contributed by atoms with Gasteiger partial charge < -0.3 is 19.2 Å². The van der Waals surface area contributed by atoms with Gasteiger partial charge in [-0.1, -0.05) is 6.92 Å². The quantitative estimate of drug-likeness (QED) is 0.663. The van der Waals surface area contributed by atoms with Crippen molar-refractivity contribution in [2.75, 3.05) is 19.8 Å². The van der Waals surface area contributed by atoms with E-state index in [1.807, 2.05) is 13.8 Å². The van der Waals surface area contributed by atoms with Crippen LogP contribution in [0.15, 0.2) is 10.5 Å². The molecule has 1 aromatic rings. The number of hydrogen-bond donors (Lipinski definition) is 1. The third-order valence-corrected chi connectivity index (χ3v) is 2.85. The van der Waals surface area contributed by atoms with Gasteiger partial charge in [-0.3, -0.25) is 0 Å². The van der Waals surface area contributed by atoms with Crippen LogP contribution in [-0.2, 0) is 22.6 Å². The number of rotatable bonds is 10. The van der Waals surface area contributed by atoms with Crippen molar-refractivity contribution in [3.05, 3.63) is 23.2 Å². The fourth-order valence-electron chi connectivity index (χ4n) is 1.77. The maximum Gasteiger partial charge on any atom is 0.130 e. The molecule has 0 saturated heterocycles. The molecule has 0 aromatic carbocycles. The van der Waals surface area contributed by atoms with Crippen molar-refractivity contribution in [2.24, 2.45) is 0 Å². The third kappa shape index (κ3) is 6.23. The fourth-order valence-corrected chi connectivity index (χ4v) is 1.77. The molecule has 0 radical (unpaired) electrons. The molecule has 0 fully saturated rings. The first-order valence-electron chi connectivity index (χ1n) is 7.15. The Morgan fingerprint density at radius 3 is 2.84 bits per heavy atom. The summed E-state index contributed by atoms with van der Waals surface area (Å²) in [5, 5.41) is 3.34. The molecule has 1 unspecified atom stereocenters. The Kier molecular flexibility index (Phi) is 7.79. The molecule has 0 aliphatic rings. The summed E-state index contributed by atoms with van der Waals surface area (Å²) in [7, 11) is 0. The van der Waals surface area contributed by atoms with Crippen LogP contribution in [0.2, 0.25) is 0 Å². The standard InChI is InChI=1S/C15H27NO3/c1-5-7-16-9-15-12(3)8-14(19-15)11-18-13(4)10-17-6-2/h8,13,16H,5-7,9-11H2,1-4H3. The van der Waals surface area contributed by atoms with Gasteiger partial charge in [0.2, 0.25) is 0 Å². The molecule has 0 bridgehead atoms. The Hall–Kier alpha value is -0.840. The monoisotopic (exact) mass is 269 g/mol. The lowest BCUT2D eigenvalue weighted by Crippen LogP contribution is -2.15. The van der Waals surface area contributed by atoms with Crippen LogP contribution in [-0.4, -0.2) is 25.9 Å². The molecule has 1 N–H and O–H groups in total. The molecule has 4 nitrogen and oxygen atoms in total. The highest BCUT2D eigenvalue weighted by Gasteiger charge is 2.09. The van der Waals surface area contributed by atoms with Gasteiger partial charge in [0, 0.05) is 6.61 Å². The largest absolute Gasteiger partial charge is 0.462 e.